The summed E-state index contributed by atoms with van der Waals surface area (Å²) in [7, 11) is 0. The Labute approximate surface area is 145 Å². The summed E-state index contributed by atoms with van der Waals surface area (Å²) in [5.74, 6) is 0.484. The highest BCUT2D eigenvalue weighted by Gasteiger charge is 2.26. The Bertz CT molecular complexity index is 707. The molecule has 25 heavy (non-hydrogen) atoms. The molecule has 2 amide bonds. The molecule has 2 N–H and O–H groups in total. The molecule has 0 bridgehead atoms. The van der Waals surface area contributed by atoms with Gasteiger partial charge in [0.2, 0.25) is 5.88 Å². The monoisotopic (exact) mass is 345 g/mol. The number of nitrogens with zero attached hydrogens (tertiary/aromatic N) is 2. The highest BCUT2D eigenvalue weighted by molar-refractivity contribution is 5.89. The van der Waals surface area contributed by atoms with Crippen LogP contribution in [0.4, 0.5) is 14.9 Å². The molecule has 1 fully saturated rings. The van der Waals surface area contributed by atoms with E-state index in [-0.39, 0.29) is 24.5 Å². The van der Waals surface area contributed by atoms with Crippen LogP contribution in [0.3, 0.4) is 0 Å². The lowest BCUT2D eigenvalue weighted by molar-refractivity contribution is 0.115. The zero-order chi connectivity index (χ0) is 17.6. The molecule has 0 spiro atoms. The van der Waals surface area contributed by atoms with Gasteiger partial charge in [0, 0.05) is 12.6 Å². The summed E-state index contributed by atoms with van der Waals surface area (Å²) in [5.41, 5.74) is 0.540. The molecule has 0 unspecified atom stereocenters. The van der Waals surface area contributed by atoms with Crippen molar-refractivity contribution in [2.24, 2.45) is 0 Å². The molecule has 6 nitrogen and oxygen atoms in total. The first-order valence-electron chi connectivity index (χ1n) is 8.23. The third-order valence-corrected chi connectivity index (χ3v) is 4.12. The van der Waals surface area contributed by atoms with Crippen molar-refractivity contribution in [3.63, 3.8) is 0 Å². The van der Waals surface area contributed by atoms with Crippen LogP contribution in [0.1, 0.15) is 19.3 Å². The van der Waals surface area contributed by atoms with Crippen molar-refractivity contribution in [2.45, 2.75) is 25.3 Å². The van der Waals surface area contributed by atoms with E-state index in [0.717, 1.165) is 19.3 Å². The van der Waals surface area contributed by atoms with Gasteiger partial charge in [-0.25, -0.2) is 14.2 Å². The van der Waals surface area contributed by atoms with Crippen molar-refractivity contribution >= 4 is 11.7 Å². The number of carbonyl (C=O) groups is 1. The second-order valence-electron chi connectivity index (χ2n) is 5.90. The van der Waals surface area contributed by atoms with Crippen LogP contribution >= 0.6 is 0 Å². The normalized spacial score (nSPS) is 17.2. The van der Waals surface area contributed by atoms with E-state index in [9.17, 15) is 14.3 Å². The van der Waals surface area contributed by atoms with Gasteiger partial charge in [0.1, 0.15) is 11.6 Å². The quantitative estimate of drug-likeness (QED) is 0.891. The Hall–Kier alpha value is -2.67. The maximum Gasteiger partial charge on any atom is 0.322 e. The van der Waals surface area contributed by atoms with Gasteiger partial charge in [-0.2, -0.15) is 0 Å². The molecule has 1 aliphatic rings. The average Bonchev–Trinajstić information content (AvgIpc) is 2.65. The van der Waals surface area contributed by atoms with Crippen molar-refractivity contribution in [3.05, 3.63) is 48.4 Å². The number of piperidine rings is 1. The lowest BCUT2D eigenvalue weighted by Crippen LogP contribution is -2.47. The summed E-state index contributed by atoms with van der Waals surface area (Å²) in [5, 5.41) is 12.2. The van der Waals surface area contributed by atoms with E-state index in [1.54, 1.807) is 17.0 Å². The lowest BCUT2D eigenvalue weighted by atomic mass is 10.0. The lowest BCUT2D eigenvalue weighted by Gasteiger charge is -2.34. The molecule has 1 saturated heterocycles. The van der Waals surface area contributed by atoms with Gasteiger partial charge in [-0.05, 0) is 49.6 Å². The van der Waals surface area contributed by atoms with E-state index in [2.05, 4.69) is 10.3 Å². The van der Waals surface area contributed by atoms with Crippen LogP contribution in [0.15, 0.2) is 42.6 Å². The SMILES string of the molecule is O=C(Nc1ccc(Oc2ccc(F)cc2)nc1)N1CCCC[C@H]1CO. The van der Waals surface area contributed by atoms with Crippen molar-refractivity contribution in [3.8, 4) is 11.6 Å². The van der Waals surface area contributed by atoms with Crippen LogP contribution in [-0.2, 0) is 0 Å². The van der Waals surface area contributed by atoms with Gasteiger partial charge < -0.3 is 20.1 Å². The number of amides is 2. The molecule has 0 aliphatic carbocycles. The van der Waals surface area contributed by atoms with Crippen LogP contribution in [0.5, 0.6) is 11.6 Å². The summed E-state index contributed by atoms with van der Waals surface area (Å²) in [4.78, 5) is 18.1. The zero-order valence-corrected chi connectivity index (χ0v) is 13.7. The smallest absolute Gasteiger partial charge is 0.322 e. The van der Waals surface area contributed by atoms with Crippen LogP contribution in [0, 0.1) is 5.82 Å². The number of halogens is 1. The number of ether oxygens (including phenoxy) is 1. The number of likely N-dealkylation sites (tertiary alicyclic amines) is 1. The number of anilines is 1. The minimum Gasteiger partial charge on any atom is -0.439 e. The van der Waals surface area contributed by atoms with Gasteiger partial charge in [-0.3, -0.25) is 0 Å². The molecular formula is C18H20FN3O3. The Morgan fingerprint density at radius 2 is 2.08 bits per heavy atom. The fourth-order valence-corrected chi connectivity index (χ4v) is 2.79. The van der Waals surface area contributed by atoms with Crippen LogP contribution in [0.25, 0.3) is 0 Å². The fourth-order valence-electron chi connectivity index (χ4n) is 2.79. The van der Waals surface area contributed by atoms with Crippen LogP contribution in [0.2, 0.25) is 0 Å². The van der Waals surface area contributed by atoms with Gasteiger partial charge in [0.15, 0.2) is 0 Å². The van der Waals surface area contributed by atoms with Gasteiger partial charge in [0.25, 0.3) is 0 Å². The number of carbonyl (C=O) groups excluding carboxylic acids is 1. The van der Waals surface area contributed by atoms with Gasteiger partial charge in [-0.1, -0.05) is 0 Å². The molecular weight excluding hydrogens is 325 g/mol. The highest BCUT2D eigenvalue weighted by atomic mass is 19.1. The van der Waals surface area contributed by atoms with Gasteiger partial charge in [-0.15, -0.1) is 0 Å². The third kappa shape index (κ3) is 4.45. The molecule has 7 heteroatoms. The Morgan fingerprint density at radius 1 is 1.28 bits per heavy atom. The van der Waals surface area contributed by atoms with Crippen molar-refractivity contribution in [1.29, 1.82) is 0 Å². The second kappa shape index (κ2) is 7.94. The van der Waals surface area contributed by atoms with Crippen LogP contribution < -0.4 is 10.1 Å². The Morgan fingerprint density at radius 3 is 2.76 bits per heavy atom. The summed E-state index contributed by atoms with van der Waals surface area (Å²) in [6, 6.07) is 8.56. The molecule has 0 saturated carbocycles. The minimum absolute atomic E-state index is 0.0316. The van der Waals surface area contributed by atoms with Gasteiger partial charge in [0.05, 0.1) is 24.5 Å². The zero-order valence-electron chi connectivity index (χ0n) is 13.7. The highest BCUT2D eigenvalue weighted by Crippen LogP contribution is 2.22. The average molecular weight is 345 g/mol. The van der Waals surface area contributed by atoms with E-state index in [1.165, 1.54) is 30.5 Å². The molecule has 3 rings (SSSR count). The summed E-state index contributed by atoms with van der Waals surface area (Å²) >= 11 is 0. The van der Waals surface area contributed by atoms with E-state index in [4.69, 9.17) is 4.74 Å². The first-order chi connectivity index (χ1) is 12.2. The minimum atomic E-state index is -0.336. The number of hydrogen-bond acceptors (Lipinski definition) is 4. The molecule has 132 valence electrons. The Balaban J connectivity index is 1.60. The standard InChI is InChI=1S/C18H20FN3O3/c19-13-4-7-16(8-5-13)25-17-9-6-14(11-20-17)21-18(24)22-10-2-1-3-15(22)12-23/h4-9,11,15,23H,1-3,10,12H2,(H,21,24)/t15-/m0/s1. The molecule has 1 aromatic carbocycles. The van der Waals surface area contributed by atoms with Crippen molar-refractivity contribution in [1.82, 2.24) is 9.88 Å². The number of aliphatic hydroxyl groups excluding tert-OH is 1. The first kappa shape index (κ1) is 17.2. The number of urea groups is 1. The fraction of sp³-hybridized carbons (Fsp3) is 0.333. The van der Waals surface area contributed by atoms with Gasteiger partial charge >= 0.3 is 6.03 Å². The molecule has 1 aliphatic heterocycles. The number of aliphatic hydroxyl groups is 1. The van der Waals surface area contributed by atoms with Crippen molar-refractivity contribution < 1.29 is 19.0 Å². The maximum atomic E-state index is 12.9. The summed E-state index contributed by atoms with van der Waals surface area (Å²) in [6.07, 6.45) is 4.26. The number of aromatic nitrogens is 1. The molecule has 2 heterocycles. The molecule has 0 radical (unpaired) electrons. The summed E-state index contributed by atoms with van der Waals surface area (Å²) < 4.78 is 18.4. The number of rotatable bonds is 4. The maximum absolute atomic E-state index is 12.9. The van der Waals surface area contributed by atoms with E-state index < -0.39 is 0 Å². The Kier molecular flexibility index (Phi) is 5.45. The topological polar surface area (TPSA) is 74.7 Å². The van der Waals surface area contributed by atoms with E-state index in [1.807, 2.05) is 0 Å². The number of benzene rings is 1. The second-order valence-corrected chi connectivity index (χ2v) is 5.90. The molecule has 1 atom stereocenters. The molecule has 2 aromatic rings. The van der Waals surface area contributed by atoms with Crippen molar-refractivity contribution in [2.75, 3.05) is 18.5 Å². The predicted octanol–water partition coefficient (Wildman–Crippen LogP) is 3.39. The van der Waals surface area contributed by atoms with E-state index >= 15 is 0 Å². The summed E-state index contributed by atoms with van der Waals surface area (Å²) in [6.45, 7) is 0.604. The van der Waals surface area contributed by atoms with E-state index in [0.29, 0.717) is 23.9 Å². The first-order valence-corrected chi connectivity index (χ1v) is 8.23. The largest absolute Gasteiger partial charge is 0.439 e. The number of hydrogen-bond donors (Lipinski definition) is 2. The predicted molar refractivity (Wildman–Crippen MR) is 91.2 cm³/mol. The number of nitrogens with one attached hydrogen (secondary N) is 1. The number of pyridine rings is 1. The van der Waals surface area contributed by atoms with Crippen LogP contribution in [-0.4, -0.2) is 40.2 Å². The molecule has 1 aromatic heterocycles. The third-order valence-electron chi connectivity index (χ3n) is 4.12.